The second kappa shape index (κ2) is 5.38. The summed E-state index contributed by atoms with van der Waals surface area (Å²) in [6.45, 7) is 2.22. The van der Waals surface area contributed by atoms with Crippen molar-refractivity contribution in [3.8, 4) is 0 Å². The SMILES string of the molecule is CN(C)CC1CCN(S(=O)(=O)c2cnc[nH]2)CC1. The third kappa shape index (κ3) is 2.90. The third-order valence-corrected chi connectivity index (χ3v) is 5.11. The van der Waals surface area contributed by atoms with Gasteiger partial charge in [0.25, 0.3) is 10.0 Å². The number of sulfonamides is 1. The average molecular weight is 272 g/mol. The molecule has 102 valence electrons. The summed E-state index contributed by atoms with van der Waals surface area (Å²) in [6, 6.07) is 0. The maximum Gasteiger partial charge on any atom is 0.260 e. The van der Waals surface area contributed by atoms with E-state index in [2.05, 4.69) is 14.9 Å². The molecule has 0 amide bonds. The molecule has 0 unspecified atom stereocenters. The molecule has 1 aromatic rings. The summed E-state index contributed by atoms with van der Waals surface area (Å²) in [5.74, 6) is 0.591. The van der Waals surface area contributed by atoms with E-state index in [9.17, 15) is 8.42 Å². The van der Waals surface area contributed by atoms with E-state index in [4.69, 9.17) is 0 Å². The highest BCUT2D eigenvalue weighted by Crippen LogP contribution is 2.22. The van der Waals surface area contributed by atoms with Crippen LogP contribution in [-0.4, -0.2) is 61.3 Å². The lowest BCUT2D eigenvalue weighted by Gasteiger charge is -2.32. The number of rotatable bonds is 4. The zero-order valence-corrected chi connectivity index (χ0v) is 11.7. The summed E-state index contributed by atoms with van der Waals surface area (Å²) in [5.41, 5.74) is 0. The van der Waals surface area contributed by atoms with Crippen molar-refractivity contribution >= 4 is 10.0 Å². The van der Waals surface area contributed by atoms with Crippen molar-refractivity contribution in [2.24, 2.45) is 5.92 Å². The van der Waals surface area contributed by atoms with Crippen molar-refractivity contribution in [2.75, 3.05) is 33.7 Å². The van der Waals surface area contributed by atoms with Crippen LogP contribution in [0.5, 0.6) is 0 Å². The first-order chi connectivity index (χ1) is 8.50. The number of aromatic nitrogens is 2. The normalized spacial score (nSPS) is 19.5. The zero-order chi connectivity index (χ0) is 13.2. The maximum absolute atomic E-state index is 12.2. The van der Waals surface area contributed by atoms with Gasteiger partial charge in [-0.05, 0) is 32.9 Å². The molecular weight excluding hydrogens is 252 g/mol. The van der Waals surface area contributed by atoms with Crippen LogP contribution in [0.3, 0.4) is 0 Å². The fourth-order valence-electron chi connectivity index (χ4n) is 2.37. The van der Waals surface area contributed by atoms with Gasteiger partial charge in [0.2, 0.25) is 0 Å². The molecule has 7 heteroatoms. The summed E-state index contributed by atoms with van der Waals surface area (Å²) in [6.07, 6.45) is 4.60. The van der Waals surface area contributed by atoms with Crippen molar-refractivity contribution in [3.05, 3.63) is 12.5 Å². The van der Waals surface area contributed by atoms with Crippen molar-refractivity contribution < 1.29 is 8.42 Å². The first-order valence-electron chi connectivity index (χ1n) is 6.13. The molecule has 18 heavy (non-hydrogen) atoms. The lowest BCUT2D eigenvalue weighted by molar-refractivity contribution is 0.224. The molecule has 0 atom stereocenters. The molecule has 0 saturated carbocycles. The van der Waals surface area contributed by atoms with Gasteiger partial charge >= 0.3 is 0 Å². The van der Waals surface area contributed by atoms with Crippen LogP contribution in [0.25, 0.3) is 0 Å². The first-order valence-corrected chi connectivity index (χ1v) is 7.57. The van der Waals surface area contributed by atoms with E-state index >= 15 is 0 Å². The van der Waals surface area contributed by atoms with E-state index < -0.39 is 10.0 Å². The standard InChI is InChI=1S/C11H20N4O2S/c1-14(2)8-10-3-5-15(6-4-10)18(16,17)11-7-12-9-13-11/h7,9-10H,3-6,8H2,1-2H3,(H,12,13). The van der Waals surface area contributed by atoms with Crippen LogP contribution < -0.4 is 0 Å². The minimum Gasteiger partial charge on any atom is -0.335 e. The highest BCUT2D eigenvalue weighted by Gasteiger charge is 2.30. The predicted molar refractivity (Wildman–Crippen MR) is 68.6 cm³/mol. The Balaban J connectivity index is 1.98. The molecule has 2 rings (SSSR count). The zero-order valence-electron chi connectivity index (χ0n) is 10.8. The van der Waals surface area contributed by atoms with Crippen LogP contribution in [0.15, 0.2) is 17.6 Å². The van der Waals surface area contributed by atoms with Crippen LogP contribution in [0, 0.1) is 5.92 Å². The second-order valence-corrected chi connectivity index (χ2v) is 6.93. The molecule has 1 N–H and O–H groups in total. The van der Waals surface area contributed by atoms with E-state index in [-0.39, 0.29) is 5.03 Å². The summed E-state index contributed by atoms with van der Waals surface area (Å²) < 4.78 is 26.0. The lowest BCUT2D eigenvalue weighted by Crippen LogP contribution is -2.40. The van der Waals surface area contributed by atoms with E-state index in [1.165, 1.54) is 12.5 Å². The van der Waals surface area contributed by atoms with Crippen molar-refractivity contribution in [2.45, 2.75) is 17.9 Å². The number of aromatic amines is 1. The Kier molecular flexibility index (Phi) is 4.04. The Hall–Kier alpha value is -0.920. The first kappa shape index (κ1) is 13.5. The van der Waals surface area contributed by atoms with Crippen LogP contribution >= 0.6 is 0 Å². The molecule has 1 aliphatic heterocycles. The Morgan fingerprint density at radius 1 is 1.44 bits per heavy atom. The summed E-state index contributed by atoms with van der Waals surface area (Å²) in [7, 11) is 0.730. The predicted octanol–water partition coefficient (Wildman–Crippen LogP) is 0.372. The number of hydrogen-bond donors (Lipinski definition) is 1. The Morgan fingerprint density at radius 3 is 2.61 bits per heavy atom. The van der Waals surface area contributed by atoms with Gasteiger partial charge in [-0.25, -0.2) is 13.4 Å². The molecule has 0 radical (unpaired) electrons. The van der Waals surface area contributed by atoms with E-state index in [0.29, 0.717) is 19.0 Å². The molecule has 2 heterocycles. The highest BCUT2D eigenvalue weighted by atomic mass is 32.2. The van der Waals surface area contributed by atoms with Gasteiger partial charge < -0.3 is 9.88 Å². The van der Waals surface area contributed by atoms with Crippen molar-refractivity contribution in [1.82, 2.24) is 19.2 Å². The highest BCUT2D eigenvalue weighted by molar-refractivity contribution is 7.89. The molecule has 1 saturated heterocycles. The maximum atomic E-state index is 12.2. The van der Waals surface area contributed by atoms with Gasteiger partial charge in [-0.3, -0.25) is 0 Å². The molecule has 6 nitrogen and oxygen atoms in total. The molecule has 0 aliphatic carbocycles. The van der Waals surface area contributed by atoms with Crippen LogP contribution in [0.2, 0.25) is 0 Å². The van der Waals surface area contributed by atoms with Crippen molar-refractivity contribution in [3.63, 3.8) is 0 Å². The molecule has 1 aromatic heterocycles. The second-order valence-electron chi connectivity index (χ2n) is 5.03. The molecule has 1 fully saturated rings. The fourth-order valence-corrected chi connectivity index (χ4v) is 3.74. The largest absolute Gasteiger partial charge is 0.335 e. The van der Waals surface area contributed by atoms with Gasteiger partial charge in [0.15, 0.2) is 5.03 Å². The average Bonchev–Trinajstić information content (AvgIpc) is 2.83. The number of nitrogens with one attached hydrogen (secondary N) is 1. The molecule has 0 aromatic carbocycles. The van der Waals surface area contributed by atoms with Crippen LogP contribution in [0.1, 0.15) is 12.8 Å². The van der Waals surface area contributed by atoms with Gasteiger partial charge in [-0.1, -0.05) is 0 Å². The van der Waals surface area contributed by atoms with Crippen LogP contribution in [0.4, 0.5) is 0 Å². The van der Waals surface area contributed by atoms with Gasteiger partial charge in [-0.15, -0.1) is 0 Å². The Morgan fingerprint density at radius 2 is 2.11 bits per heavy atom. The number of nitrogens with zero attached hydrogens (tertiary/aromatic N) is 3. The van der Waals surface area contributed by atoms with E-state index in [0.717, 1.165) is 19.4 Å². The van der Waals surface area contributed by atoms with Gasteiger partial charge in [0.1, 0.15) is 0 Å². The minimum absolute atomic E-state index is 0.188. The summed E-state index contributed by atoms with van der Waals surface area (Å²) >= 11 is 0. The number of hydrogen-bond acceptors (Lipinski definition) is 4. The molecule has 0 bridgehead atoms. The minimum atomic E-state index is -3.37. The van der Waals surface area contributed by atoms with Gasteiger partial charge in [0, 0.05) is 19.6 Å². The van der Waals surface area contributed by atoms with Gasteiger partial charge in [0.05, 0.1) is 12.5 Å². The van der Waals surface area contributed by atoms with E-state index in [1.807, 2.05) is 14.1 Å². The summed E-state index contributed by atoms with van der Waals surface area (Å²) in [5, 5.41) is 0.188. The Bertz CT molecular complexity index is 461. The smallest absolute Gasteiger partial charge is 0.260 e. The van der Waals surface area contributed by atoms with Gasteiger partial charge in [-0.2, -0.15) is 4.31 Å². The molecule has 0 spiro atoms. The third-order valence-electron chi connectivity index (χ3n) is 3.29. The number of imidazole rings is 1. The molecular formula is C11H20N4O2S. The quantitative estimate of drug-likeness (QED) is 0.860. The van der Waals surface area contributed by atoms with Crippen LogP contribution in [-0.2, 0) is 10.0 Å². The number of H-pyrrole nitrogens is 1. The summed E-state index contributed by atoms with van der Waals surface area (Å²) in [4.78, 5) is 8.60. The molecule has 1 aliphatic rings. The Labute approximate surface area is 108 Å². The van der Waals surface area contributed by atoms with Crippen molar-refractivity contribution in [1.29, 1.82) is 0 Å². The van der Waals surface area contributed by atoms with E-state index in [1.54, 1.807) is 4.31 Å². The number of piperidine rings is 1. The lowest BCUT2D eigenvalue weighted by atomic mass is 9.98. The fraction of sp³-hybridized carbons (Fsp3) is 0.727. The monoisotopic (exact) mass is 272 g/mol. The topological polar surface area (TPSA) is 69.3 Å².